The van der Waals surface area contributed by atoms with Gasteiger partial charge in [0, 0.05) is 16.4 Å². The lowest BCUT2D eigenvalue weighted by atomic mass is 9.85. The summed E-state index contributed by atoms with van der Waals surface area (Å²) in [5, 5.41) is 33.5. The van der Waals surface area contributed by atoms with Crippen molar-refractivity contribution in [3.8, 4) is 11.5 Å². The topological polar surface area (TPSA) is 117 Å². The summed E-state index contributed by atoms with van der Waals surface area (Å²) in [4.78, 5) is 12.8. The summed E-state index contributed by atoms with van der Waals surface area (Å²) in [6.45, 7) is 3.22. The van der Waals surface area contributed by atoms with E-state index in [4.69, 9.17) is 14.2 Å². The van der Waals surface area contributed by atoms with Gasteiger partial charge in [0.25, 0.3) is 5.91 Å². The van der Waals surface area contributed by atoms with Crippen LogP contribution in [0.1, 0.15) is 30.6 Å². The first kappa shape index (κ1) is 22.8. The van der Waals surface area contributed by atoms with E-state index in [1.807, 2.05) is 6.92 Å². The van der Waals surface area contributed by atoms with E-state index in [9.17, 15) is 20.1 Å². The summed E-state index contributed by atoms with van der Waals surface area (Å²) in [6.07, 6.45) is -3.71. The Morgan fingerprint density at radius 1 is 1.21 bits per heavy atom. The maximum absolute atomic E-state index is 12.8. The number of methoxy groups -OCH3 is 2. The smallest absolute Gasteiger partial charge is 0.251 e. The minimum absolute atomic E-state index is 0.239. The van der Waals surface area contributed by atoms with Gasteiger partial charge in [-0.3, -0.25) is 4.79 Å². The molecule has 3 unspecified atom stereocenters. The Morgan fingerprint density at radius 3 is 2.25 bits per heavy atom. The molecular formula is C19H29NO7S. The first-order chi connectivity index (χ1) is 13.2. The van der Waals surface area contributed by atoms with Crippen molar-refractivity contribution in [1.29, 1.82) is 0 Å². The minimum atomic E-state index is -1.30. The molecule has 28 heavy (non-hydrogen) atoms. The molecule has 158 valence electrons. The van der Waals surface area contributed by atoms with Gasteiger partial charge in [-0.25, -0.2) is 0 Å². The van der Waals surface area contributed by atoms with Crippen LogP contribution < -0.4 is 14.8 Å². The number of benzene rings is 1. The molecule has 2 rings (SSSR count). The van der Waals surface area contributed by atoms with Crippen molar-refractivity contribution in [3.05, 3.63) is 23.8 Å². The summed E-state index contributed by atoms with van der Waals surface area (Å²) in [7, 11) is 2.94. The lowest BCUT2D eigenvalue weighted by Gasteiger charge is -2.47. The molecule has 1 aliphatic rings. The second kappa shape index (κ2) is 9.32. The number of carbonyl (C=O) groups is 1. The Balaban J connectivity index is 2.30. The zero-order chi connectivity index (χ0) is 21.1. The summed E-state index contributed by atoms with van der Waals surface area (Å²) < 4.78 is 15.3. The van der Waals surface area contributed by atoms with Crippen LogP contribution in [0.2, 0.25) is 0 Å². The number of aliphatic hydroxyl groups excluding tert-OH is 3. The summed E-state index contributed by atoms with van der Waals surface area (Å²) in [5.41, 5.74) is 0.239. The second-order valence-electron chi connectivity index (χ2n) is 7.07. The number of hydrogen-bond donors (Lipinski definition) is 5. The molecule has 1 fully saturated rings. The van der Waals surface area contributed by atoms with Gasteiger partial charge in [-0.1, -0.05) is 6.92 Å². The van der Waals surface area contributed by atoms with Crippen molar-refractivity contribution in [2.75, 3.05) is 20.8 Å². The quantitative estimate of drug-likeness (QED) is 0.409. The maximum Gasteiger partial charge on any atom is 0.251 e. The van der Waals surface area contributed by atoms with Crippen molar-refractivity contribution in [1.82, 2.24) is 5.32 Å². The predicted molar refractivity (Wildman–Crippen MR) is 106 cm³/mol. The molecule has 1 heterocycles. The lowest BCUT2D eigenvalue weighted by molar-refractivity contribution is -0.200. The minimum Gasteiger partial charge on any atom is -0.497 e. The Hall–Kier alpha value is -1.52. The molecule has 1 amide bonds. The van der Waals surface area contributed by atoms with Gasteiger partial charge in [-0.2, -0.15) is 12.6 Å². The number of rotatable bonds is 7. The average molecular weight is 416 g/mol. The molecule has 1 aliphatic heterocycles. The Labute approximate surface area is 170 Å². The van der Waals surface area contributed by atoms with Gasteiger partial charge in [-0.15, -0.1) is 0 Å². The standard InChI is InChI=1S/C19H29NO7S/c1-5-19(2,28)17-16(23)14(15(22)13(9-21)27-17)20-18(24)10-6-11(25-3)8-12(7-10)26-4/h6-8,13-17,21-23,28H,5,9H2,1-4H3,(H,20,24)/t13?,14?,15-,16-,17+,19?/m0/s1. The third-order valence-electron chi connectivity index (χ3n) is 5.17. The lowest BCUT2D eigenvalue weighted by Crippen LogP contribution is -2.67. The van der Waals surface area contributed by atoms with E-state index >= 15 is 0 Å². The molecule has 0 radical (unpaired) electrons. The van der Waals surface area contributed by atoms with Gasteiger partial charge < -0.3 is 34.8 Å². The number of amides is 1. The van der Waals surface area contributed by atoms with Gasteiger partial charge in [0.05, 0.1) is 26.9 Å². The van der Waals surface area contributed by atoms with Crippen LogP contribution >= 0.6 is 12.6 Å². The Bertz CT molecular complexity index is 662. The zero-order valence-corrected chi connectivity index (χ0v) is 17.3. The predicted octanol–water partition coefficient (Wildman–Crippen LogP) is 0.382. The molecule has 4 N–H and O–H groups in total. The van der Waals surface area contributed by atoms with E-state index < -0.39 is 47.7 Å². The number of hydrogen-bond acceptors (Lipinski definition) is 8. The van der Waals surface area contributed by atoms with E-state index in [1.165, 1.54) is 26.4 Å². The fraction of sp³-hybridized carbons (Fsp3) is 0.632. The summed E-state index contributed by atoms with van der Waals surface area (Å²) >= 11 is 4.56. The molecule has 9 heteroatoms. The van der Waals surface area contributed by atoms with Gasteiger partial charge in [-0.05, 0) is 25.5 Å². The highest BCUT2D eigenvalue weighted by molar-refractivity contribution is 7.81. The molecule has 1 aromatic carbocycles. The molecule has 8 nitrogen and oxygen atoms in total. The van der Waals surface area contributed by atoms with Crippen molar-refractivity contribution in [3.63, 3.8) is 0 Å². The van der Waals surface area contributed by atoms with Gasteiger partial charge in [0.1, 0.15) is 35.9 Å². The fourth-order valence-corrected chi connectivity index (χ4v) is 3.40. The van der Waals surface area contributed by atoms with E-state index in [2.05, 4.69) is 17.9 Å². The molecule has 1 aromatic rings. The molecule has 1 saturated heterocycles. The third-order valence-corrected chi connectivity index (χ3v) is 5.74. The van der Waals surface area contributed by atoms with E-state index in [1.54, 1.807) is 13.0 Å². The fourth-order valence-electron chi connectivity index (χ4n) is 3.18. The molecule has 0 aromatic heterocycles. The highest BCUT2D eigenvalue weighted by Gasteiger charge is 2.50. The van der Waals surface area contributed by atoms with Crippen molar-refractivity contribution < 1.29 is 34.3 Å². The number of thiol groups is 1. The van der Waals surface area contributed by atoms with Crippen molar-refractivity contribution in [2.45, 2.75) is 55.5 Å². The van der Waals surface area contributed by atoms with E-state index in [0.29, 0.717) is 17.9 Å². The van der Waals surface area contributed by atoms with Crippen LogP contribution in [0.25, 0.3) is 0 Å². The van der Waals surface area contributed by atoms with Crippen LogP contribution in [0.3, 0.4) is 0 Å². The van der Waals surface area contributed by atoms with Gasteiger partial charge in [0.2, 0.25) is 0 Å². The molecule has 0 saturated carbocycles. The number of aliphatic hydroxyl groups is 3. The van der Waals surface area contributed by atoms with Gasteiger partial charge >= 0.3 is 0 Å². The average Bonchev–Trinajstić information content (AvgIpc) is 2.70. The van der Waals surface area contributed by atoms with Crippen LogP contribution in [-0.4, -0.2) is 77.3 Å². The molecule has 0 spiro atoms. The SMILES string of the molecule is CCC(C)(S)[C@@H]1OC(CO)[C@H](O)C(NC(=O)c2cc(OC)cc(OC)c2)[C@@H]1O. The van der Waals surface area contributed by atoms with E-state index in [0.717, 1.165) is 0 Å². The third kappa shape index (κ3) is 4.72. The second-order valence-corrected chi connectivity index (χ2v) is 8.09. The first-order valence-electron chi connectivity index (χ1n) is 9.07. The summed E-state index contributed by atoms with van der Waals surface area (Å²) in [6, 6.07) is 3.61. The van der Waals surface area contributed by atoms with Crippen LogP contribution in [0.5, 0.6) is 11.5 Å². The highest BCUT2D eigenvalue weighted by atomic mass is 32.1. The van der Waals surface area contributed by atoms with Crippen molar-refractivity contribution >= 4 is 18.5 Å². The largest absolute Gasteiger partial charge is 0.497 e. The molecule has 6 atom stereocenters. The number of ether oxygens (including phenoxy) is 3. The first-order valence-corrected chi connectivity index (χ1v) is 9.52. The normalized spacial score (nSPS) is 29.6. The van der Waals surface area contributed by atoms with Crippen LogP contribution in [-0.2, 0) is 4.74 Å². The van der Waals surface area contributed by atoms with Crippen LogP contribution in [0, 0.1) is 0 Å². The van der Waals surface area contributed by atoms with E-state index in [-0.39, 0.29) is 5.56 Å². The monoisotopic (exact) mass is 415 g/mol. The van der Waals surface area contributed by atoms with Crippen LogP contribution in [0.15, 0.2) is 18.2 Å². The Morgan fingerprint density at radius 2 is 1.79 bits per heavy atom. The highest BCUT2D eigenvalue weighted by Crippen LogP contribution is 2.34. The number of carbonyl (C=O) groups excluding carboxylic acids is 1. The Kier molecular flexibility index (Phi) is 7.58. The zero-order valence-electron chi connectivity index (χ0n) is 16.5. The maximum atomic E-state index is 12.8. The number of nitrogens with one attached hydrogen (secondary N) is 1. The van der Waals surface area contributed by atoms with Crippen LogP contribution in [0.4, 0.5) is 0 Å². The van der Waals surface area contributed by atoms with Gasteiger partial charge in [0.15, 0.2) is 0 Å². The molecule has 0 bridgehead atoms. The molecular weight excluding hydrogens is 386 g/mol. The van der Waals surface area contributed by atoms with Crippen molar-refractivity contribution in [2.24, 2.45) is 0 Å². The summed E-state index contributed by atoms with van der Waals surface area (Å²) in [5.74, 6) is 0.324. The molecule has 0 aliphatic carbocycles.